The van der Waals surface area contributed by atoms with Gasteiger partial charge < -0.3 is 0 Å². The lowest BCUT2D eigenvalue weighted by Crippen LogP contribution is -1.83. The fourth-order valence-electron chi connectivity index (χ4n) is 3.04. The number of allylic oxidation sites excluding steroid dienone is 1. The smallest absolute Gasteiger partial charge is 0.0274 e. The second kappa shape index (κ2) is 14.9. The molecule has 0 spiro atoms. The van der Waals surface area contributed by atoms with E-state index in [2.05, 4.69) is 17.9 Å². The third-order valence-electron chi connectivity index (χ3n) is 4.43. The molecule has 0 saturated heterocycles. The van der Waals surface area contributed by atoms with E-state index in [1.54, 1.807) is 0 Å². The monoisotopic (exact) mass is 276 g/mol. The summed E-state index contributed by atoms with van der Waals surface area (Å²) < 4.78 is 0. The average Bonchev–Trinajstić information content (AvgIpc) is 2.46. The zero-order valence-corrected chi connectivity index (χ0v) is 13.7. The van der Waals surface area contributed by atoms with Crippen molar-refractivity contribution in [2.24, 2.45) is 0 Å². The average molecular weight is 277 g/mol. The maximum atomic E-state index is 3.36. The van der Waals surface area contributed by atoms with E-state index >= 15 is 0 Å². The normalized spacial score (nSPS) is 22.4. The van der Waals surface area contributed by atoms with Crippen molar-refractivity contribution in [2.45, 2.75) is 109 Å². The van der Waals surface area contributed by atoms with Gasteiger partial charge in [-0.25, -0.2) is 0 Å². The fraction of sp³-hybridized carbons (Fsp3) is 0.850. The largest absolute Gasteiger partial charge is 0.130 e. The Balaban J connectivity index is 2.12. The first kappa shape index (κ1) is 17.6. The lowest BCUT2D eigenvalue weighted by molar-refractivity contribution is 0.531. The van der Waals surface area contributed by atoms with Gasteiger partial charge in [-0.3, -0.25) is 0 Å². The highest BCUT2D eigenvalue weighted by molar-refractivity contribution is 4.84. The molecule has 1 aliphatic rings. The Morgan fingerprint density at radius 1 is 0.350 bits per heavy atom. The van der Waals surface area contributed by atoms with E-state index in [4.69, 9.17) is 0 Å². The minimum Gasteiger partial charge on any atom is -0.130 e. The second-order valence-electron chi connectivity index (χ2n) is 6.46. The van der Waals surface area contributed by atoms with Crippen LogP contribution in [0.5, 0.6) is 0 Å². The first-order valence-corrected chi connectivity index (χ1v) is 9.39. The van der Waals surface area contributed by atoms with E-state index in [0.29, 0.717) is 0 Å². The summed E-state index contributed by atoms with van der Waals surface area (Å²) in [6, 6.07) is 0. The van der Waals surface area contributed by atoms with Crippen LogP contribution < -0.4 is 0 Å². The number of rotatable bonds is 0. The molecule has 0 radical (unpaired) electrons. The minimum absolute atomic E-state index is 1.23. The van der Waals surface area contributed by atoms with Crippen LogP contribution in [0.1, 0.15) is 109 Å². The molecule has 0 amide bonds. The van der Waals surface area contributed by atoms with Gasteiger partial charge >= 0.3 is 0 Å². The molecule has 0 aromatic heterocycles. The Hall–Kier alpha value is -0.480. The van der Waals surface area contributed by atoms with Gasteiger partial charge in [0.25, 0.3) is 0 Å². The lowest BCUT2D eigenvalue weighted by atomic mass is 10.0. The predicted molar refractivity (Wildman–Crippen MR) is 91.1 cm³/mol. The molecule has 0 fully saturated rings. The molecule has 0 heteroatoms. The molecule has 0 aromatic carbocycles. The number of hydrogen-bond acceptors (Lipinski definition) is 0. The Labute approximate surface area is 127 Å². The molecule has 116 valence electrons. The van der Waals surface area contributed by atoms with E-state index in [-0.39, 0.29) is 0 Å². The van der Waals surface area contributed by atoms with Crippen molar-refractivity contribution in [3.05, 3.63) is 17.9 Å². The first-order chi connectivity index (χ1) is 10.0. The van der Waals surface area contributed by atoms with Gasteiger partial charge in [0.05, 0.1) is 0 Å². The molecular weight excluding hydrogens is 240 g/mol. The van der Waals surface area contributed by atoms with E-state index in [9.17, 15) is 0 Å². The second-order valence-corrected chi connectivity index (χ2v) is 6.46. The fourth-order valence-corrected chi connectivity index (χ4v) is 3.04. The highest BCUT2D eigenvalue weighted by Gasteiger charge is 1.94. The predicted octanol–water partition coefficient (Wildman–Crippen LogP) is 7.34. The van der Waals surface area contributed by atoms with Crippen LogP contribution in [0.15, 0.2) is 17.9 Å². The summed E-state index contributed by atoms with van der Waals surface area (Å²) in [5.74, 6) is 0. The van der Waals surface area contributed by atoms with Gasteiger partial charge in [0.15, 0.2) is 0 Å². The Bertz CT molecular complexity index is 223. The topological polar surface area (TPSA) is 0 Å². The van der Waals surface area contributed by atoms with E-state index in [0.717, 1.165) is 0 Å². The van der Waals surface area contributed by atoms with Crippen molar-refractivity contribution in [1.82, 2.24) is 0 Å². The van der Waals surface area contributed by atoms with Crippen LogP contribution in [0, 0.1) is 0 Å². The summed E-state index contributed by atoms with van der Waals surface area (Å²) >= 11 is 0. The Morgan fingerprint density at radius 3 is 0.900 bits per heavy atom. The summed E-state index contributed by atoms with van der Waals surface area (Å²) in [6.07, 6.45) is 28.6. The van der Waals surface area contributed by atoms with Gasteiger partial charge in [-0.05, 0) is 37.8 Å². The van der Waals surface area contributed by atoms with Crippen LogP contribution in [0.2, 0.25) is 0 Å². The summed E-state index contributed by atoms with van der Waals surface area (Å²) in [7, 11) is 0. The van der Waals surface area contributed by atoms with Crippen molar-refractivity contribution in [3.8, 4) is 0 Å². The first-order valence-electron chi connectivity index (χ1n) is 9.39. The minimum atomic E-state index is 1.23. The summed E-state index contributed by atoms with van der Waals surface area (Å²) in [5, 5.41) is 0. The van der Waals surface area contributed by atoms with Crippen molar-refractivity contribution < 1.29 is 0 Å². The molecule has 1 rings (SSSR count). The zero-order valence-electron chi connectivity index (χ0n) is 13.7. The van der Waals surface area contributed by atoms with Gasteiger partial charge in [0.1, 0.15) is 0 Å². The number of hydrogen-bond donors (Lipinski definition) is 0. The SMILES string of the molecule is C1=CCCCCCCCCCCCCCCCCCC=1. The van der Waals surface area contributed by atoms with Crippen LogP contribution in [0.4, 0.5) is 0 Å². The standard InChI is InChI=1S/C20H36/c1-2-4-6-8-10-12-14-16-18-20-19-17-15-13-11-9-7-5-3-1/h1,5H,2,4,6-20H2. The highest BCUT2D eigenvalue weighted by atomic mass is 14.0. The molecule has 0 saturated carbocycles. The van der Waals surface area contributed by atoms with Gasteiger partial charge in [-0.15, -0.1) is 5.73 Å². The van der Waals surface area contributed by atoms with Crippen LogP contribution >= 0.6 is 0 Å². The maximum Gasteiger partial charge on any atom is -0.0274 e. The van der Waals surface area contributed by atoms with Gasteiger partial charge in [0, 0.05) is 0 Å². The third kappa shape index (κ3) is 12.5. The van der Waals surface area contributed by atoms with Crippen LogP contribution in [-0.4, -0.2) is 0 Å². The van der Waals surface area contributed by atoms with Crippen molar-refractivity contribution in [1.29, 1.82) is 0 Å². The summed E-state index contributed by atoms with van der Waals surface area (Å²) in [4.78, 5) is 0. The molecule has 0 atom stereocenters. The van der Waals surface area contributed by atoms with E-state index in [1.807, 2.05) is 0 Å². The van der Waals surface area contributed by atoms with Crippen molar-refractivity contribution >= 4 is 0 Å². The van der Waals surface area contributed by atoms with Crippen LogP contribution in [0.25, 0.3) is 0 Å². The molecule has 0 N–H and O–H groups in total. The summed E-state index contributed by atoms with van der Waals surface area (Å²) in [6.45, 7) is 0. The summed E-state index contributed by atoms with van der Waals surface area (Å²) in [5.41, 5.74) is 3.36. The highest BCUT2D eigenvalue weighted by Crippen LogP contribution is 2.14. The van der Waals surface area contributed by atoms with Crippen molar-refractivity contribution in [3.63, 3.8) is 0 Å². The van der Waals surface area contributed by atoms with E-state index < -0.39 is 0 Å². The van der Waals surface area contributed by atoms with Crippen LogP contribution in [0.3, 0.4) is 0 Å². The third-order valence-corrected chi connectivity index (χ3v) is 4.43. The van der Waals surface area contributed by atoms with E-state index in [1.165, 1.54) is 109 Å². The van der Waals surface area contributed by atoms with Gasteiger partial charge in [0.2, 0.25) is 0 Å². The zero-order chi connectivity index (χ0) is 14.1. The van der Waals surface area contributed by atoms with Crippen molar-refractivity contribution in [2.75, 3.05) is 0 Å². The Kier molecular flexibility index (Phi) is 13.1. The quantitative estimate of drug-likeness (QED) is 0.406. The lowest BCUT2D eigenvalue weighted by Gasteiger charge is -2.03. The van der Waals surface area contributed by atoms with Crippen LogP contribution in [-0.2, 0) is 0 Å². The van der Waals surface area contributed by atoms with Gasteiger partial charge in [-0.1, -0.05) is 83.5 Å². The molecule has 0 heterocycles. The molecule has 0 unspecified atom stereocenters. The molecule has 20 heavy (non-hydrogen) atoms. The molecule has 0 nitrogen and oxygen atoms in total. The molecule has 1 aliphatic carbocycles. The molecule has 0 aromatic rings. The Morgan fingerprint density at radius 2 is 0.600 bits per heavy atom. The molecular formula is C20H36. The molecule has 0 bridgehead atoms. The maximum absolute atomic E-state index is 3.36. The molecule has 0 aliphatic heterocycles. The van der Waals surface area contributed by atoms with Gasteiger partial charge in [-0.2, -0.15) is 0 Å².